The van der Waals surface area contributed by atoms with Crippen LogP contribution in [-0.2, 0) is 14.2 Å². The molecule has 0 aromatic carbocycles. The van der Waals surface area contributed by atoms with Crippen molar-refractivity contribution in [1.29, 1.82) is 5.26 Å². The van der Waals surface area contributed by atoms with Gasteiger partial charge in [-0.15, -0.1) is 0 Å². The van der Waals surface area contributed by atoms with E-state index in [-0.39, 0.29) is 31.4 Å². The molecule has 3 fully saturated rings. The van der Waals surface area contributed by atoms with Gasteiger partial charge in [0.25, 0.3) is 5.60 Å². The van der Waals surface area contributed by atoms with E-state index in [2.05, 4.69) is 15.8 Å². The molecular weight excluding hydrogens is 443 g/mol. The molecule has 8 nitrogen and oxygen atoms in total. The molecule has 1 aromatic heterocycles. The van der Waals surface area contributed by atoms with Crippen molar-refractivity contribution in [2.24, 2.45) is 0 Å². The van der Waals surface area contributed by atoms with Crippen LogP contribution in [0.2, 0.25) is 0 Å². The maximum atomic E-state index is 13.2. The number of nitrogens with zero attached hydrogens (tertiary/aromatic N) is 3. The predicted molar refractivity (Wildman–Crippen MR) is 107 cm³/mol. The molecular formula is C22H26F3N3O5. The van der Waals surface area contributed by atoms with Crippen LogP contribution in [-0.4, -0.2) is 72.4 Å². The Morgan fingerprint density at radius 3 is 2.33 bits per heavy atom. The summed E-state index contributed by atoms with van der Waals surface area (Å²) >= 11 is 0. The first-order valence-electron chi connectivity index (χ1n) is 11.1. The lowest BCUT2D eigenvalue weighted by atomic mass is 9.94. The number of ether oxygens (including phenoxy) is 4. The number of piperidine rings is 1. The molecule has 180 valence electrons. The first-order chi connectivity index (χ1) is 15.8. The molecule has 0 bridgehead atoms. The lowest BCUT2D eigenvalue weighted by Crippen LogP contribution is -2.64. The van der Waals surface area contributed by atoms with E-state index in [0.29, 0.717) is 24.2 Å². The molecule has 1 amide bonds. The number of rotatable bonds is 5. The Morgan fingerprint density at radius 1 is 1.12 bits per heavy atom. The van der Waals surface area contributed by atoms with Crippen LogP contribution < -0.4 is 4.74 Å². The maximum Gasteiger partial charge on any atom is 0.433 e. The van der Waals surface area contributed by atoms with E-state index in [1.165, 1.54) is 11.1 Å². The molecule has 0 radical (unpaired) electrons. The average molecular weight is 469 g/mol. The highest BCUT2D eigenvalue weighted by atomic mass is 19.4. The predicted octanol–water partition coefficient (Wildman–Crippen LogP) is 3.59. The smallest absolute Gasteiger partial charge is 0.433 e. The number of alkyl halides is 3. The number of hydrogen-bond acceptors (Lipinski definition) is 7. The number of likely N-dealkylation sites (tertiary alicyclic amines) is 1. The number of hydrogen-bond donors (Lipinski definition) is 0. The van der Waals surface area contributed by atoms with E-state index in [1.54, 1.807) is 12.3 Å². The summed E-state index contributed by atoms with van der Waals surface area (Å²) in [6, 6.07) is 3.76. The minimum atomic E-state index is -4.65. The average Bonchev–Trinajstić information content (AvgIpc) is 2.77. The van der Waals surface area contributed by atoms with Crippen molar-refractivity contribution in [3.05, 3.63) is 24.0 Å². The fourth-order valence-corrected chi connectivity index (χ4v) is 4.28. The summed E-state index contributed by atoms with van der Waals surface area (Å²) in [5.41, 5.74) is -2.12. The monoisotopic (exact) mass is 469 g/mol. The molecule has 1 aromatic rings. The minimum absolute atomic E-state index is 0.00686. The van der Waals surface area contributed by atoms with Crippen molar-refractivity contribution in [2.45, 2.75) is 68.6 Å². The van der Waals surface area contributed by atoms with Gasteiger partial charge in [-0.3, -0.25) is 4.98 Å². The van der Waals surface area contributed by atoms with E-state index >= 15 is 0 Å². The van der Waals surface area contributed by atoms with Crippen molar-refractivity contribution in [3.63, 3.8) is 0 Å². The van der Waals surface area contributed by atoms with Crippen LogP contribution >= 0.6 is 0 Å². The van der Waals surface area contributed by atoms with Crippen LogP contribution in [0.3, 0.4) is 0 Å². The molecule has 33 heavy (non-hydrogen) atoms. The first-order valence-corrected chi connectivity index (χ1v) is 11.1. The second-order valence-electron chi connectivity index (χ2n) is 8.68. The van der Waals surface area contributed by atoms with Crippen molar-refractivity contribution in [3.8, 4) is 11.8 Å². The zero-order valence-corrected chi connectivity index (χ0v) is 18.1. The Labute approximate surface area is 189 Å². The summed E-state index contributed by atoms with van der Waals surface area (Å²) < 4.78 is 61.1. The van der Waals surface area contributed by atoms with Crippen LogP contribution in [0.1, 0.15) is 44.1 Å². The number of pyridine rings is 1. The quantitative estimate of drug-likeness (QED) is 0.651. The summed E-state index contributed by atoms with van der Waals surface area (Å²) in [6.07, 6.45) is 1.80. The van der Waals surface area contributed by atoms with E-state index in [0.717, 1.165) is 25.7 Å². The van der Waals surface area contributed by atoms with Gasteiger partial charge in [0.05, 0.1) is 31.5 Å². The number of nitriles is 1. The summed E-state index contributed by atoms with van der Waals surface area (Å²) in [6.45, 7) is -0.744. The zero-order chi connectivity index (χ0) is 23.5. The van der Waals surface area contributed by atoms with Gasteiger partial charge in [0.15, 0.2) is 0 Å². The molecule has 0 N–H and O–H groups in total. The highest BCUT2D eigenvalue weighted by Gasteiger charge is 2.64. The van der Waals surface area contributed by atoms with Crippen LogP contribution in [0, 0.1) is 11.3 Å². The summed E-state index contributed by atoms with van der Waals surface area (Å²) in [5.74, 6) is 0.539. The highest BCUT2D eigenvalue weighted by Crippen LogP contribution is 2.40. The normalized spacial score (nSPS) is 25.6. The van der Waals surface area contributed by atoms with E-state index in [1.807, 2.05) is 0 Å². The molecule has 2 saturated heterocycles. The fraction of sp³-hybridized carbons (Fsp3) is 0.682. The molecule has 2 aliphatic heterocycles. The minimum Gasteiger partial charge on any atom is -0.489 e. The second kappa shape index (κ2) is 9.73. The molecule has 1 saturated carbocycles. The number of carbonyl (C=O) groups is 1. The van der Waals surface area contributed by atoms with Gasteiger partial charge in [0.2, 0.25) is 0 Å². The first kappa shape index (κ1) is 23.6. The third-order valence-corrected chi connectivity index (χ3v) is 6.37. The molecule has 4 rings (SSSR count). The number of amides is 1. The lowest BCUT2D eigenvalue weighted by molar-refractivity contribution is -0.333. The van der Waals surface area contributed by atoms with Gasteiger partial charge < -0.3 is 23.8 Å². The van der Waals surface area contributed by atoms with E-state index in [4.69, 9.17) is 19.5 Å². The molecule has 0 atom stereocenters. The zero-order valence-electron chi connectivity index (χ0n) is 18.1. The van der Waals surface area contributed by atoms with Gasteiger partial charge in [0.1, 0.15) is 17.4 Å². The standard InChI is InChI=1S/C22H26F3N3O5/c23-22(24,25)21(13-30-14-21)33-20(29)28-9-6-18(7-10-28)31-16-1-3-17(4-2-16)32-19-5-8-27-12-15(19)11-26/h5,8,12,16-18H,1-4,6-7,9-10,13-14H2. The Morgan fingerprint density at radius 2 is 1.76 bits per heavy atom. The third kappa shape index (κ3) is 5.33. The summed E-state index contributed by atoms with van der Waals surface area (Å²) in [5, 5.41) is 9.15. The SMILES string of the molecule is N#Cc1cnccc1OC1CCC(OC2CCN(C(=O)OC3(C(F)(F)F)COC3)CC2)CC1. The Bertz CT molecular complexity index is 871. The van der Waals surface area contributed by atoms with Gasteiger partial charge in [-0.1, -0.05) is 0 Å². The molecule has 3 heterocycles. The summed E-state index contributed by atoms with van der Waals surface area (Å²) in [7, 11) is 0. The van der Waals surface area contributed by atoms with Crippen LogP contribution in [0.15, 0.2) is 18.5 Å². The third-order valence-electron chi connectivity index (χ3n) is 6.37. The van der Waals surface area contributed by atoms with Crippen molar-refractivity contribution in [1.82, 2.24) is 9.88 Å². The molecule has 11 heteroatoms. The second-order valence-corrected chi connectivity index (χ2v) is 8.68. The number of aromatic nitrogens is 1. The van der Waals surface area contributed by atoms with Gasteiger partial charge in [0, 0.05) is 25.5 Å². The van der Waals surface area contributed by atoms with Gasteiger partial charge in [-0.2, -0.15) is 18.4 Å². The lowest BCUT2D eigenvalue weighted by Gasteiger charge is -2.43. The molecule has 0 spiro atoms. The molecule has 3 aliphatic rings. The van der Waals surface area contributed by atoms with Gasteiger partial charge in [-0.05, 0) is 44.6 Å². The van der Waals surface area contributed by atoms with Gasteiger partial charge >= 0.3 is 12.3 Å². The fourth-order valence-electron chi connectivity index (χ4n) is 4.28. The largest absolute Gasteiger partial charge is 0.489 e. The van der Waals surface area contributed by atoms with Crippen molar-refractivity contribution in [2.75, 3.05) is 26.3 Å². The summed E-state index contributed by atoms with van der Waals surface area (Å²) in [4.78, 5) is 17.5. The highest BCUT2D eigenvalue weighted by molar-refractivity contribution is 5.68. The Hall–Kier alpha value is -2.58. The van der Waals surface area contributed by atoms with Crippen LogP contribution in [0.25, 0.3) is 0 Å². The van der Waals surface area contributed by atoms with Crippen molar-refractivity contribution < 1.29 is 36.9 Å². The number of halogens is 3. The van der Waals surface area contributed by atoms with E-state index in [9.17, 15) is 18.0 Å². The topological polar surface area (TPSA) is 93.9 Å². The Kier molecular flexibility index (Phi) is 6.95. The van der Waals surface area contributed by atoms with Crippen LogP contribution in [0.5, 0.6) is 5.75 Å². The van der Waals surface area contributed by atoms with Crippen LogP contribution in [0.4, 0.5) is 18.0 Å². The number of carbonyl (C=O) groups excluding carboxylic acids is 1. The van der Waals surface area contributed by atoms with Crippen molar-refractivity contribution >= 4 is 6.09 Å². The molecule has 0 unspecified atom stereocenters. The Balaban J connectivity index is 1.18. The molecule has 1 aliphatic carbocycles. The van der Waals surface area contributed by atoms with E-state index < -0.39 is 31.1 Å². The maximum absolute atomic E-state index is 13.2. The van der Waals surface area contributed by atoms with Gasteiger partial charge in [-0.25, -0.2) is 4.79 Å².